The van der Waals surface area contributed by atoms with E-state index in [1.807, 2.05) is 26.0 Å². The van der Waals surface area contributed by atoms with Crippen LogP contribution in [-0.4, -0.2) is 70.0 Å². The zero-order valence-electron chi connectivity index (χ0n) is 19.9. The number of rotatable bonds is 5. The predicted molar refractivity (Wildman–Crippen MR) is 116 cm³/mol. The first kappa shape index (κ1) is 29.0. The van der Waals surface area contributed by atoms with Crippen molar-refractivity contribution in [1.29, 1.82) is 0 Å². The number of carboxylic acid groups (broad SMARTS) is 1. The van der Waals surface area contributed by atoms with Crippen LogP contribution in [0.2, 0.25) is 0 Å². The van der Waals surface area contributed by atoms with Gasteiger partial charge < -0.3 is 24.8 Å². The van der Waals surface area contributed by atoms with Gasteiger partial charge in [-0.15, -0.1) is 0 Å². The molecule has 0 unspecified atom stereocenters. The molecule has 0 aliphatic carbocycles. The molecule has 1 aromatic rings. The second-order valence-electron chi connectivity index (χ2n) is 9.00. The average molecular weight is 492 g/mol. The number of nitrogens with one attached hydrogen (secondary N) is 1. The first-order chi connectivity index (χ1) is 15.6. The van der Waals surface area contributed by atoms with Crippen molar-refractivity contribution in [2.45, 2.75) is 71.4 Å². The number of alkyl halides is 3. The molecule has 1 aliphatic rings. The van der Waals surface area contributed by atoms with Gasteiger partial charge in [0.1, 0.15) is 23.5 Å². The van der Waals surface area contributed by atoms with Crippen molar-refractivity contribution in [3.8, 4) is 5.75 Å². The summed E-state index contributed by atoms with van der Waals surface area (Å²) in [5.74, 6) is -2.12. The van der Waals surface area contributed by atoms with Gasteiger partial charge in [0.15, 0.2) is 0 Å². The van der Waals surface area contributed by atoms with Crippen molar-refractivity contribution < 1.29 is 42.1 Å². The summed E-state index contributed by atoms with van der Waals surface area (Å²) in [6, 6.07) is 3.11. The number of pyridine rings is 1. The summed E-state index contributed by atoms with van der Waals surface area (Å²) in [4.78, 5) is 39.7. The number of carbonyl (C=O) groups excluding carboxylic acids is 2. The normalized spacial score (nSPS) is 15.6. The van der Waals surface area contributed by atoms with Crippen LogP contribution >= 0.6 is 0 Å². The van der Waals surface area contributed by atoms with E-state index in [9.17, 15) is 22.8 Å². The molecule has 192 valence electrons. The van der Waals surface area contributed by atoms with Gasteiger partial charge in [-0.2, -0.15) is 13.2 Å². The minimum Gasteiger partial charge on any atom is -0.489 e. The fourth-order valence-corrected chi connectivity index (χ4v) is 2.95. The summed E-state index contributed by atoms with van der Waals surface area (Å²) in [6.07, 6.45) is -0.691. The van der Waals surface area contributed by atoms with E-state index in [1.165, 1.54) is 0 Å². The molecule has 2 N–H and O–H groups in total. The highest BCUT2D eigenvalue weighted by atomic mass is 19.4. The number of ether oxygens (including phenoxy) is 2. The maximum absolute atomic E-state index is 12.9. The fraction of sp³-hybridized carbons (Fsp3) is 0.636. The Hall–Kier alpha value is -3.05. The maximum Gasteiger partial charge on any atom is 0.490 e. The number of piperidine rings is 1. The van der Waals surface area contributed by atoms with E-state index in [-0.39, 0.29) is 17.9 Å². The Bertz CT molecular complexity index is 804. The fourth-order valence-electron chi connectivity index (χ4n) is 2.95. The van der Waals surface area contributed by atoms with Crippen LogP contribution in [0.1, 0.15) is 47.5 Å². The Morgan fingerprint density at radius 2 is 1.74 bits per heavy atom. The number of halogens is 3. The summed E-state index contributed by atoms with van der Waals surface area (Å²) in [6.45, 7) is 10.4. The summed E-state index contributed by atoms with van der Waals surface area (Å²) >= 11 is 0. The molecule has 0 saturated carbocycles. The Kier molecular flexibility index (Phi) is 10.6. The van der Waals surface area contributed by atoms with Crippen molar-refractivity contribution >= 4 is 18.0 Å². The minimum atomic E-state index is -5.08. The molecule has 1 aromatic heterocycles. The first-order valence-corrected chi connectivity index (χ1v) is 10.7. The molecule has 1 fully saturated rings. The quantitative estimate of drug-likeness (QED) is 0.646. The molecular weight excluding hydrogens is 459 g/mol. The Morgan fingerprint density at radius 3 is 2.15 bits per heavy atom. The standard InChI is InChI=1S/C20H31N3O4.C2HF3O2/c1-14(2)17(22-19(25)27-20(3,4)5)18(24)23-11-8-15(9-12-23)26-16-7-6-10-21-13-16;3-2(4,5)1(6)7/h6-7,10,13-15,17H,8-9,11-12H2,1-5H3,(H,22,25);(H,6,7)/t17-;/m0./s1. The average Bonchev–Trinajstić information content (AvgIpc) is 2.71. The van der Waals surface area contributed by atoms with E-state index in [0.29, 0.717) is 13.1 Å². The van der Waals surface area contributed by atoms with Crippen LogP contribution in [0.4, 0.5) is 18.0 Å². The minimum absolute atomic E-state index is 0.0330. The van der Waals surface area contributed by atoms with Crippen molar-refractivity contribution in [1.82, 2.24) is 15.2 Å². The third-order valence-corrected chi connectivity index (χ3v) is 4.54. The van der Waals surface area contributed by atoms with Crippen LogP contribution in [0.5, 0.6) is 5.75 Å². The third kappa shape index (κ3) is 10.7. The van der Waals surface area contributed by atoms with Crippen LogP contribution in [0.25, 0.3) is 0 Å². The number of nitrogens with zero attached hydrogens (tertiary/aromatic N) is 2. The number of likely N-dealkylation sites (tertiary alicyclic amines) is 1. The number of hydrogen-bond acceptors (Lipinski definition) is 6. The molecule has 12 heteroatoms. The van der Waals surface area contributed by atoms with Gasteiger partial charge in [0.2, 0.25) is 5.91 Å². The lowest BCUT2D eigenvalue weighted by Gasteiger charge is -2.35. The van der Waals surface area contributed by atoms with Gasteiger partial charge in [-0.25, -0.2) is 9.59 Å². The molecule has 1 aliphatic heterocycles. The van der Waals surface area contributed by atoms with Crippen LogP contribution in [0, 0.1) is 5.92 Å². The van der Waals surface area contributed by atoms with E-state index in [0.717, 1.165) is 18.6 Å². The summed E-state index contributed by atoms with van der Waals surface area (Å²) in [5.41, 5.74) is -0.601. The summed E-state index contributed by atoms with van der Waals surface area (Å²) < 4.78 is 42.9. The van der Waals surface area contributed by atoms with Crippen LogP contribution < -0.4 is 10.1 Å². The monoisotopic (exact) mass is 491 g/mol. The first-order valence-electron chi connectivity index (χ1n) is 10.7. The number of carboxylic acids is 1. The number of aliphatic carboxylic acids is 1. The number of carbonyl (C=O) groups is 3. The highest BCUT2D eigenvalue weighted by Gasteiger charge is 2.38. The zero-order chi connectivity index (χ0) is 26.1. The van der Waals surface area contributed by atoms with Gasteiger partial charge in [0.25, 0.3) is 0 Å². The van der Waals surface area contributed by atoms with Crippen LogP contribution in [-0.2, 0) is 14.3 Å². The lowest BCUT2D eigenvalue weighted by molar-refractivity contribution is -0.192. The van der Waals surface area contributed by atoms with Crippen LogP contribution in [0.15, 0.2) is 24.5 Å². The van der Waals surface area contributed by atoms with E-state index < -0.39 is 29.9 Å². The van der Waals surface area contributed by atoms with Gasteiger partial charge in [0, 0.05) is 32.1 Å². The Balaban J connectivity index is 0.000000718. The number of amides is 2. The lowest BCUT2D eigenvalue weighted by atomic mass is 10.0. The van der Waals surface area contributed by atoms with Crippen molar-refractivity contribution in [3.63, 3.8) is 0 Å². The third-order valence-electron chi connectivity index (χ3n) is 4.54. The van der Waals surface area contributed by atoms with Gasteiger partial charge in [0.05, 0.1) is 6.20 Å². The zero-order valence-corrected chi connectivity index (χ0v) is 19.9. The maximum atomic E-state index is 12.9. The predicted octanol–water partition coefficient (Wildman–Crippen LogP) is 3.63. The smallest absolute Gasteiger partial charge is 0.489 e. The van der Waals surface area contributed by atoms with Crippen LogP contribution in [0.3, 0.4) is 0 Å². The van der Waals surface area contributed by atoms with Crippen molar-refractivity contribution in [3.05, 3.63) is 24.5 Å². The highest BCUT2D eigenvalue weighted by Crippen LogP contribution is 2.20. The Labute approximate surface area is 196 Å². The lowest BCUT2D eigenvalue weighted by Crippen LogP contribution is -2.54. The van der Waals surface area contributed by atoms with E-state index in [4.69, 9.17) is 19.4 Å². The van der Waals surface area contributed by atoms with Crippen molar-refractivity contribution in [2.24, 2.45) is 5.92 Å². The van der Waals surface area contributed by atoms with Crippen molar-refractivity contribution in [2.75, 3.05) is 13.1 Å². The molecular formula is C22H32F3N3O6. The molecule has 1 saturated heterocycles. The molecule has 1 atom stereocenters. The van der Waals surface area contributed by atoms with Gasteiger partial charge in [-0.3, -0.25) is 9.78 Å². The number of hydrogen-bond donors (Lipinski definition) is 2. The molecule has 34 heavy (non-hydrogen) atoms. The van der Waals surface area contributed by atoms with E-state index in [1.54, 1.807) is 38.1 Å². The number of alkyl carbamates (subject to hydrolysis) is 1. The van der Waals surface area contributed by atoms with Gasteiger partial charge in [-0.05, 0) is 38.8 Å². The topological polar surface area (TPSA) is 118 Å². The Morgan fingerprint density at radius 1 is 1.18 bits per heavy atom. The molecule has 0 spiro atoms. The van der Waals surface area contributed by atoms with E-state index in [2.05, 4.69) is 10.3 Å². The molecule has 2 amide bonds. The molecule has 2 rings (SSSR count). The molecule has 9 nitrogen and oxygen atoms in total. The molecule has 0 bridgehead atoms. The molecule has 2 heterocycles. The SMILES string of the molecule is CC(C)[C@H](NC(=O)OC(C)(C)C)C(=O)N1CCC(Oc2cccnc2)CC1.O=C(O)C(F)(F)F. The summed E-state index contributed by atoms with van der Waals surface area (Å²) in [7, 11) is 0. The van der Waals surface area contributed by atoms with Gasteiger partial charge >= 0.3 is 18.2 Å². The second-order valence-corrected chi connectivity index (χ2v) is 9.00. The summed E-state index contributed by atoms with van der Waals surface area (Å²) in [5, 5.41) is 9.85. The largest absolute Gasteiger partial charge is 0.490 e. The number of aromatic nitrogens is 1. The molecule has 0 radical (unpaired) electrons. The van der Waals surface area contributed by atoms with Gasteiger partial charge in [-0.1, -0.05) is 13.8 Å². The molecule has 0 aromatic carbocycles. The highest BCUT2D eigenvalue weighted by molar-refractivity contribution is 5.86. The van der Waals surface area contributed by atoms with E-state index >= 15 is 0 Å². The second kappa shape index (κ2) is 12.4.